The fraction of sp³-hybridized carbons (Fsp3) is 0.353. The Morgan fingerprint density at radius 1 is 1.35 bits per heavy atom. The molecule has 1 heterocycles. The number of amides is 1. The Hall–Kier alpha value is -1.61. The van der Waals surface area contributed by atoms with Crippen LogP contribution in [0.15, 0.2) is 34.5 Å². The van der Waals surface area contributed by atoms with Crippen LogP contribution in [0.5, 0.6) is 0 Å². The van der Waals surface area contributed by atoms with Gasteiger partial charge in [0.05, 0.1) is 24.6 Å². The first kappa shape index (κ1) is 22.4. The Morgan fingerprint density at radius 2 is 2.04 bits per heavy atom. The van der Waals surface area contributed by atoms with Gasteiger partial charge in [-0.3, -0.25) is 9.59 Å². The topological polar surface area (TPSA) is 94.3 Å². The molecule has 0 saturated carbocycles. The molecule has 1 unspecified atom stereocenters. The van der Waals surface area contributed by atoms with E-state index in [1.165, 1.54) is 18.4 Å². The summed E-state index contributed by atoms with van der Waals surface area (Å²) in [5.74, 6) is -0.705. The number of carbonyl (C=O) groups excluding carboxylic acids is 2. The standard InChI is InChI=1S/C17H21N3O3S2.ClH/c1-23-16(21)9-13(11-3-5-12(24-2)6-4-11)20-17(22)14-10-25-15(19-14)7-8-18;/h3-6,10,13H,7-9,18H2,1-2H3,(H,20,22);1H. The van der Waals surface area contributed by atoms with Gasteiger partial charge in [0.15, 0.2) is 0 Å². The zero-order valence-electron chi connectivity index (χ0n) is 14.6. The number of aromatic nitrogens is 1. The molecule has 9 heteroatoms. The lowest BCUT2D eigenvalue weighted by Gasteiger charge is -2.18. The summed E-state index contributed by atoms with van der Waals surface area (Å²) in [6.07, 6.45) is 2.68. The summed E-state index contributed by atoms with van der Waals surface area (Å²) < 4.78 is 4.75. The number of nitrogens with zero attached hydrogens (tertiary/aromatic N) is 1. The van der Waals surface area contributed by atoms with Gasteiger partial charge >= 0.3 is 5.97 Å². The number of hydrogen-bond donors (Lipinski definition) is 2. The fourth-order valence-electron chi connectivity index (χ4n) is 2.22. The summed E-state index contributed by atoms with van der Waals surface area (Å²) in [4.78, 5) is 29.6. The van der Waals surface area contributed by atoms with Gasteiger partial charge in [0.25, 0.3) is 5.91 Å². The van der Waals surface area contributed by atoms with E-state index in [-0.39, 0.29) is 30.7 Å². The maximum Gasteiger partial charge on any atom is 0.307 e. The second-order valence-electron chi connectivity index (χ2n) is 5.24. The zero-order valence-corrected chi connectivity index (χ0v) is 17.0. The Labute approximate surface area is 167 Å². The number of hydrogen-bond acceptors (Lipinski definition) is 7. The number of ether oxygens (including phenoxy) is 1. The molecule has 0 radical (unpaired) electrons. The number of esters is 1. The van der Waals surface area contributed by atoms with Gasteiger partial charge in [-0.25, -0.2) is 4.98 Å². The molecule has 0 bridgehead atoms. The van der Waals surface area contributed by atoms with Gasteiger partial charge in [-0.05, 0) is 30.5 Å². The van der Waals surface area contributed by atoms with Gasteiger partial charge in [0.2, 0.25) is 0 Å². The third-order valence-electron chi connectivity index (χ3n) is 3.56. The van der Waals surface area contributed by atoms with Crippen molar-refractivity contribution in [2.75, 3.05) is 19.9 Å². The van der Waals surface area contributed by atoms with Crippen molar-refractivity contribution in [1.82, 2.24) is 10.3 Å². The van der Waals surface area contributed by atoms with Crippen molar-refractivity contribution in [1.29, 1.82) is 0 Å². The van der Waals surface area contributed by atoms with E-state index >= 15 is 0 Å². The van der Waals surface area contributed by atoms with Crippen molar-refractivity contribution >= 4 is 47.4 Å². The van der Waals surface area contributed by atoms with Gasteiger partial charge < -0.3 is 15.8 Å². The summed E-state index contributed by atoms with van der Waals surface area (Å²) in [6, 6.07) is 7.24. The van der Waals surface area contributed by atoms with Crippen molar-refractivity contribution in [2.24, 2.45) is 5.73 Å². The summed E-state index contributed by atoms with van der Waals surface area (Å²) >= 11 is 3.03. The highest BCUT2D eigenvalue weighted by molar-refractivity contribution is 7.98. The molecular weight excluding hydrogens is 394 g/mol. The van der Waals surface area contributed by atoms with Gasteiger partial charge in [0.1, 0.15) is 5.69 Å². The van der Waals surface area contributed by atoms with Crippen LogP contribution in [0.3, 0.4) is 0 Å². The molecule has 1 aromatic carbocycles. The van der Waals surface area contributed by atoms with Crippen LogP contribution < -0.4 is 11.1 Å². The molecule has 0 spiro atoms. The van der Waals surface area contributed by atoms with E-state index < -0.39 is 6.04 Å². The highest BCUT2D eigenvalue weighted by Crippen LogP contribution is 2.22. The first-order chi connectivity index (χ1) is 12.1. The van der Waals surface area contributed by atoms with Crippen molar-refractivity contribution in [3.05, 3.63) is 45.9 Å². The third kappa shape index (κ3) is 6.28. The van der Waals surface area contributed by atoms with Gasteiger partial charge in [-0.1, -0.05) is 12.1 Å². The summed E-state index contributed by atoms with van der Waals surface area (Å²) in [5.41, 5.74) is 6.69. The second kappa shape index (κ2) is 11.2. The van der Waals surface area contributed by atoms with Crippen LogP contribution in [0.4, 0.5) is 0 Å². The van der Waals surface area contributed by atoms with Crippen LogP contribution in [0.25, 0.3) is 0 Å². The zero-order chi connectivity index (χ0) is 18.2. The van der Waals surface area contributed by atoms with Crippen LogP contribution in [0.1, 0.15) is 33.5 Å². The van der Waals surface area contributed by atoms with E-state index in [0.29, 0.717) is 18.7 Å². The number of thiazole rings is 1. The molecule has 26 heavy (non-hydrogen) atoms. The van der Waals surface area contributed by atoms with Crippen molar-refractivity contribution < 1.29 is 14.3 Å². The minimum atomic E-state index is -0.476. The number of carbonyl (C=O) groups is 2. The Kier molecular flexibility index (Phi) is 9.64. The molecule has 6 nitrogen and oxygen atoms in total. The van der Waals surface area contributed by atoms with E-state index in [1.54, 1.807) is 17.1 Å². The maximum atomic E-state index is 12.5. The Bertz CT molecular complexity index is 722. The molecule has 0 aliphatic rings. The number of nitrogens with two attached hydrogens (primary N) is 1. The quantitative estimate of drug-likeness (QED) is 0.508. The highest BCUT2D eigenvalue weighted by Gasteiger charge is 2.21. The predicted octanol–water partition coefficient (Wildman–Crippen LogP) is 2.82. The molecule has 2 aromatic rings. The Morgan fingerprint density at radius 3 is 2.62 bits per heavy atom. The monoisotopic (exact) mass is 415 g/mol. The smallest absolute Gasteiger partial charge is 0.307 e. The van der Waals surface area contributed by atoms with Crippen molar-refractivity contribution in [2.45, 2.75) is 23.8 Å². The minimum Gasteiger partial charge on any atom is -0.469 e. The number of thioether (sulfide) groups is 1. The van der Waals surface area contributed by atoms with Crippen LogP contribution >= 0.6 is 35.5 Å². The van der Waals surface area contributed by atoms with Crippen molar-refractivity contribution in [3.8, 4) is 0 Å². The lowest BCUT2D eigenvalue weighted by molar-refractivity contribution is -0.141. The SMILES string of the molecule is COC(=O)CC(NC(=O)c1csc(CCN)n1)c1ccc(SC)cc1.Cl. The average molecular weight is 416 g/mol. The molecule has 3 N–H and O–H groups in total. The molecule has 2 rings (SSSR count). The molecule has 0 aliphatic carbocycles. The summed E-state index contributed by atoms with van der Waals surface area (Å²) in [7, 11) is 1.33. The second-order valence-corrected chi connectivity index (χ2v) is 7.07. The fourth-order valence-corrected chi connectivity index (χ4v) is 3.43. The summed E-state index contributed by atoms with van der Waals surface area (Å²) in [5, 5.41) is 5.40. The number of nitrogens with one attached hydrogen (secondary N) is 1. The Balaban J connectivity index is 0.00000338. The highest BCUT2D eigenvalue weighted by atomic mass is 35.5. The minimum absolute atomic E-state index is 0. The normalized spacial score (nSPS) is 11.3. The molecule has 0 saturated heterocycles. The van der Waals surface area contributed by atoms with Crippen molar-refractivity contribution in [3.63, 3.8) is 0 Å². The average Bonchev–Trinajstić information content (AvgIpc) is 3.10. The molecule has 142 valence electrons. The van der Waals surface area contributed by atoms with Crippen LogP contribution in [-0.4, -0.2) is 36.8 Å². The van der Waals surface area contributed by atoms with Crippen LogP contribution in [-0.2, 0) is 16.0 Å². The van der Waals surface area contributed by atoms with E-state index in [4.69, 9.17) is 10.5 Å². The molecule has 0 aliphatic heterocycles. The molecule has 1 aromatic heterocycles. The molecule has 1 amide bonds. The van der Waals surface area contributed by atoms with E-state index in [0.717, 1.165) is 15.5 Å². The van der Waals surface area contributed by atoms with E-state index in [2.05, 4.69) is 10.3 Å². The number of rotatable bonds is 8. The van der Waals surface area contributed by atoms with Crippen LogP contribution in [0.2, 0.25) is 0 Å². The van der Waals surface area contributed by atoms with Crippen LogP contribution in [0, 0.1) is 0 Å². The maximum absolute atomic E-state index is 12.5. The predicted molar refractivity (Wildman–Crippen MR) is 107 cm³/mol. The van der Waals surface area contributed by atoms with Gasteiger partial charge in [0, 0.05) is 16.7 Å². The van der Waals surface area contributed by atoms with E-state index in [9.17, 15) is 9.59 Å². The summed E-state index contributed by atoms with van der Waals surface area (Å²) in [6.45, 7) is 0.487. The third-order valence-corrected chi connectivity index (χ3v) is 5.22. The first-order valence-electron chi connectivity index (χ1n) is 7.73. The molecular formula is C17H22ClN3O3S2. The molecule has 1 atom stereocenters. The molecule has 0 fully saturated rings. The lowest BCUT2D eigenvalue weighted by atomic mass is 10.0. The lowest BCUT2D eigenvalue weighted by Crippen LogP contribution is -2.30. The van der Waals surface area contributed by atoms with Gasteiger partial charge in [-0.2, -0.15) is 0 Å². The first-order valence-corrected chi connectivity index (χ1v) is 9.84. The number of benzene rings is 1. The number of methoxy groups -OCH3 is 1. The number of halogens is 1. The largest absolute Gasteiger partial charge is 0.469 e. The van der Waals surface area contributed by atoms with E-state index in [1.807, 2.05) is 30.5 Å². The van der Waals surface area contributed by atoms with Gasteiger partial charge in [-0.15, -0.1) is 35.5 Å².